The number of nitrogens with zero attached hydrogens (tertiary/aromatic N) is 1. The molecule has 2 heteroatoms. The monoisotopic (exact) mass is 233 g/mol. The van der Waals surface area contributed by atoms with Gasteiger partial charge < -0.3 is 4.74 Å². The third-order valence-corrected chi connectivity index (χ3v) is 2.35. The first-order chi connectivity index (χ1) is 8.30. The van der Waals surface area contributed by atoms with Crippen LogP contribution in [0.4, 0.5) is 0 Å². The molecule has 0 fully saturated rings. The molecular formula is C15H23NO. The van der Waals surface area contributed by atoms with E-state index in [0.717, 1.165) is 25.0 Å². The van der Waals surface area contributed by atoms with Gasteiger partial charge in [-0.2, -0.15) is 5.26 Å². The van der Waals surface area contributed by atoms with Crippen LogP contribution in [0.2, 0.25) is 0 Å². The molecule has 1 rings (SSSR count). The standard InChI is InChI=1S/C13H17NO.C2H6/c1-3-5-12(4-2)15-13-8-6-11(10-14)7-9-13;1-2/h6-9,12H,3-5H2,1-2H3;1-2H3. The molecule has 1 unspecified atom stereocenters. The second-order valence-electron chi connectivity index (χ2n) is 3.57. The molecule has 0 aliphatic rings. The molecule has 1 atom stereocenters. The van der Waals surface area contributed by atoms with Gasteiger partial charge in [0.1, 0.15) is 5.75 Å². The van der Waals surface area contributed by atoms with Gasteiger partial charge in [0.2, 0.25) is 0 Å². The minimum absolute atomic E-state index is 0.294. The average molecular weight is 233 g/mol. The SMILES string of the molecule is CC.CCCC(CC)Oc1ccc(C#N)cc1. The topological polar surface area (TPSA) is 33.0 Å². The van der Waals surface area contributed by atoms with E-state index < -0.39 is 0 Å². The first-order valence-electron chi connectivity index (χ1n) is 6.47. The molecule has 94 valence electrons. The predicted molar refractivity (Wildman–Crippen MR) is 72.1 cm³/mol. The third kappa shape index (κ3) is 5.97. The highest BCUT2D eigenvalue weighted by atomic mass is 16.5. The van der Waals surface area contributed by atoms with Gasteiger partial charge in [0.25, 0.3) is 0 Å². The van der Waals surface area contributed by atoms with Crippen LogP contribution in [0.5, 0.6) is 5.75 Å². The quantitative estimate of drug-likeness (QED) is 0.748. The zero-order chi connectivity index (χ0) is 13.1. The van der Waals surface area contributed by atoms with Crippen LogP contribution in [0.25, 0.3) is 0 Å². The largest absolute Gasteiger partial charge is 0.490 e. The van der Waals surface area contributed by atoms with E-state index in [4.69, 9.17) is 10.00 Å². The normalized spacial score (nSPS) is 10.8. The van der Waals surface area contributed by atoms with Crippen molar-refractivity contribution in [2.75, 3.05) is 0 Å². The molecule has 0 heterocycles. The van der Waals surface area contributed by atoms with Crippen LogP contribution in [0.1, 0.15) is 52.5 Å². The molecule has 2 nitrogen and oxygen atoms in total. The Bertz CT molecular complexity index is 324. The van der Waals surface area contributed by atoms with Crippen LogP contribution in [0, 0.1) is 11.3 Å². The number of benzene rings is 1. The Morgan fingerprint density at radius 1 is 1.18 bits per heavy atom. The summed E-state index contributed by atoms with van der Waals surface area (Å²) in [6.45, 7) is 8.29. The van der Waals surface area contributed by atoms with Crippen LogP contribution in [-0.4, -0.2) is 6.10 Å². The Kier molecular flexibility index (Phi) is 8.86. The highest BCUT2D eigenvalue weighted by Crippen LogP contribution is 2.16. The van der Waals surface area contributed by atoms with Crippen LogP contribution in [-0.2, 0) is 0 Å². The lowest BCUT2D eigenvalue weighted by molar-refractivity contribution is 0.186. The Labute approximate surface area is 105 Å². The molecule has 0 aromatic heterocycles. The molecule has 0 spiro atoms. The molecule has 17 heavy (non-hydrogen) atoms. The molecule has 0 aliphatic heterocycles. The highest BCUT2D eigenvalue weighted by Gasteiger charge is 2.06. The first-order valence-corrected chi connectivity index (χ1v) is 6.47. The van der Waals surface area contributed by atoms with Crippen LogP contribution < -0.4 is 4.74 Å². The van der Waals surface area contributed by atoms with Crippen molar-refractivity contribution in [3.05, 3.63) is 29.8 Å². The minimum atomic E-state index is 0.294. The van der Waals surface area contributed by atoms with E-state index in [1.165, 1.54) is 0 Å². The van der Waals surface area contributed by atoms with Crippen LogP contribution in [0.15, 0.2) is 24.3 Å². The second kappa shape index (κ2) is 9.72. The zero-order valence-electron chi connectivity index (χ0n) is 11.4. The second-order valence-corrected chi connectivity index (χ2v) is 3.57. The van der Waals surface area contributed by atoms with Crippen molar-refractivity contribution >= 4 is 0 Å². The molecule has 0 N–H and O–H groups in total. The summed E-state index contributed by atoms with van der Waals surface area (Å²) in [7, 11) is 0. The lowest BCUT2D eigenvalue weighted by Crippen LogP contribution is -2.14. The van der Waals surface area contributed by atoms with E-state index in [1.54, 1.807) is 12.1 Å². The number of ether oxygens (including phenoxy) is 1. The van der Waals surface area contributed by atoms with Crippen molar-refractivity contribution in [1.29, 1.82) is 5.26 Å². The predicted octanol–water partition coefficient (Wildman–Crippen LogP) is 4.54. The summed E-state index contributed by atoms with van der Waals surface area (Å²) in [4.78, 5) is 0. The molecule has 0 radical (unpaired) electrons. The van der Waals surface area contributed by atoms with Crippen molar-refractivity contribution in [1.82, 2.24) is 0 Å². The summed E-state index contributed by atoms with van der Waals surface area (Å²) in [5, 5.41) is 8.65. The molecule has 1 aromatic carbocycles. The highest BCUT2D eigenvalue weighted by molar-refractivity contribution is 5.34. The van der Waals surface area contributed by atoms with Crippen molar-refractivity contribution in [3.63, 3.8) is 0 Å². The first kappa shape index (κ1) is 15.5. The van der Waals surface area contributed by atoms with Gasteiger partial charge in [-0.1, -0.05) is 34.1 Å². The Balaban J connectivity index is 0.00000121. The van der Waals surface area contributed by atoms with Gasteiger partial charge in [-0.05, 0) is 37.1 Å². The molecule has 0 bridgehead atoms. The van der Waals surface area contributed by atoms with Crippen molar-refractivity contribution in [3.8, 4) is 11.8 Å². The molecule has 1 aromatic rings. The lowest BCUT2D eigenvalue weighted by Gasteiger charge is -2.16. The Hall–Kier alpha value is -1.49. The maximum Gasteiger partial charge on any atom is 0.119 e. The van der Waals surface area contributed by atoms with Crippen LogP contribution >= 0.6 is 0 Å². The fourth-order valence-electron chi connectivity index (χ4n) is 1.47. The van der Waals surface area contributed by atoms with E-state index in [2.05, 4.69) is 19.9 Å². The minimum Gasteiger partial charge on any atom is -0.490 e. The Morgan fingerprint density at radius 2 is 1.76 bits per heavy atom. The summed E-state index contributed by atoms with van der Waals surface area (Å²) >= 11 is 0. The summed E-state index contributed by atoms with van der Waals surface area (Å²) in [6.07, 6.45) is 3.53. The molecule has 0 amide bonds. The van der Waals surface area contributed by atoms with E-state index >= 15 is 0 Å². The lowest BCUT2D eigenvalue weighted by atomic mass is 10.1. The summed E-state index contributed by atoms with van der Waals surface area (Å²) < 4.78 is 5.79. The summed E-state index contributed by atoms with van der Waals surface area (Å²) in [5.74, 6) is 0.856. The van der Waals surface area contributed by atoms with Gasteiger partial charge in [0.15, 0.2) is 0 Å². The fourth-order valence-corrected chi connectivity index (χ4v) is 1.47. The van der Waals surface area contributed by atoms with Crippen LogP contribution in [0.3, 0.4) is 0 Å². The number of hydrogen-bond donors (Lipinski definition) is 0. The molecule has 0 saturated carbocycles. The third-order valence-electron chi connectivity index (χ3n) is 2.35. The van der Waals surface area contributed by atoms with Gasteiger partial charge >= 0.3 is 0 Å². The van der Waals surface area contributed by atoms with E-state index in [-0.39, 0.29) is 0 Å². The number of hydrogen-bond acceptors (Lipinski definition) is 2. The van der Waals surface area contributed by atoms with E-state index in [1.807, 2.05) is 26.0 Å². The van der Waals surface area contributed by atoms with Gasteiger partial charge in [-0.25, -0.2) is 0 Å². The van der Waals surface area contributed by atoms with Gasteiger partial charge in [-0.15, -0.1) is 0 Å². The smallest absolute Gasteiger partial charge is 0.119 e. The van der Waals surface area contributed by atoms with E-state index in [9.17, 15) is 0 Å². The number of rotatable bonds is 5. The zero-order valence-corrected chi connectivity index (χ0v) is 11.4. The molecule has 0 saturated heterocycles. The summed E-state index contributed by atoms with van der Waals surface area (Å²) in [6, 6.07) is 9.38. The van der Waals surface area contributed by atoms with Gasteiger partial charge in [-0.3, -0.25) is 0 Å². The van der Waals surface area contributed by atoms with Crippen molar-refractivity contribution in [2.24, 2.45) is 0 Å². The van der Waals surface area contributed by atoms with Crippen molar-refractivity contribution < 1.29 is 4.74 Å². The van der Waals surface area contributed by atoms with Gasteiger partial charge in [0.05, 0.1) is 17.7 Å². The van der Waals surface area contributed by atoms with Crippen molar-refractivity contribution in [2.45, 2.75) is 53.1 Å². The summed E-state index contributed by atoms with van der Waals surface area (Å²) in [5.41, 5.74) is 0.672. The average Bonchev–Trinajstić information content (AvgIpc) is 2.41. The van der Waals surface area contributed by atoms with Gasteiger partial charge in [0, 0.05) is 0 Å². The fraction of sp³-hybridized carbons (Fsp3) is 0.533. The Morgan fingerprint density at radius 3 is 2.18 bits per heavy atom. The molecule has 0 aliphatic carbocycles. The van der Waals surface area contributed by atoms with E-state index in [0.29, 0.717) is 11.7 Å². The number of nitriles is 1. The maximum absolute atomic E-state index is 8.65. The molecular weight excluding hydrogens is 210 g/mol. The maximum atomic E-state index is 8.65.